The summed E-state index contributed by atoms with van der Waals surface area (Å²) >= 11 is 16.9. The summed E-state index contributed by atoms with van der Waals surface area (Å²) < 4.78 is 11.1. The van der Waals surface area contributed by atoms with Gasteiger partial charge in [0.1, 0.15) is 0 Å². The van der Waals surface area contributed by atoms with Crippen molar-refractivity contribution in [1.82, 2.24) is 10.2 Å². The molecule has 0 spiro atoms. The number of carbonyl (C=O) groups is 1. The van der Waals surface area contributed by atoms with Gasteiger partial charge in [0.15, 0.2) is 6.29 Å². The smallest absolute Gasteiger partial charge is 0.272 e. The zero-order chi connectivity index (χ0) is 28.0. The van der Waals surface area contributed by atoms with Crippen LogP contribution >= 0.6 is 34.8 Å². The van der Waals surface area contributed by atoms with E-state index >= 15 is 0 Å². The Morgan fingerprint density at radius 1 is 0.897 bits per heavy atom. The zero-order valence-electron chi connectivity index (χ0n) is 21.9. The van der Waals surface area contributed by atoms with Crippen LogP contribution in [0, 0.1) is 5.92 Å². The molecule has 3 aromatic rings. The van der Waals surface area contributed by atoms with Crippen molar-refractivity contribution < 1.29 is 19.4 Å². The number of likely N-dealkylation sites (N-methyl/N-ethyl adjacent to an activating group) is 1. The molecule has 1 saturated heterocycles. The average molecular weight is 592 g/mol. The molecule has 0 aromatic heterocycles. The summed E-state index contributed by atoms with van der Waals surface area (Å²) in [7, 11) is 2.10. The van der Waals surface area contributed by atoms with E-state index in [4.69, 9.17) is 44.3 Å². The number of aliphatic hydroxyl groups excluding tert-OH is 1. The molecule has 1 fully saturated rings. The highest BCUT2D eigenvalue weighted by molar-refractivity contribution is 6.76. The molecule has 1 aliphatic rings. The predicted molar refractivity (Wildman–Crippen MR) is 154 cm³/mol. The van der Waals surface area contributed by atoms with Crippen LogP contribution in [0.3, 0.4) is 0 Å². The van der Waals surface area contributed by atoms with E-state index in [2.05, 4.69) is 36.3 Å². The lowest BCUT2D eigenvalue weighted by Crippen LogP contribution is -2.43. The molecule has 1 aliphatic heterocycles. The number of alkyl halides is 3. The van der Waals surface area contributed by atoms with Crippen LogP contribution in [-0.2, 0) is 34.0 Å². The van der Waals surface area contributed by atoms with E-state index in [9.17, 15) is 9.90 Å². The highest BCUT2D eigenvalue weighted by Crippen LogP contribution is 2.42. The highest BCUT2D eigenvalue weighted by atomic mass is 35.6. The quantitative estimate of drug-likeness (QED) is 0.295. The summed E-state index contributed by atoms with van der Waals surface area (Å²) in [6, 6.07) is 25.9. The van der Waals surface area contributed by atoms with Crippen LogP contribution in [0.1, 0.15) is 47.1 Å². The number of nitrogens with one attached hydrogen (secondary N) is 1. The Bertz CT molecular complexity index is 1200. The van der Waals surface area contributed by atoms with Gasteiger partial charge in [-0.15, -0.1) is 0 Å². The topological polar surface area (TPSA) is 71.0 Å². The maximum Gasteiger partial charge on any atom is 0.272 e. The molecular formula is C30H33Cl3N2O4. The summed E-state index contributed by atoms with van der Waals surface area (Å²) in [4.78, 5) is 14.1. The lowest BCUT2D eigenvalue weighted by molar-refractivity contribution is -0.276. The Morgan fingerprint density at radius 3 is 2.13 bits per heavy atom. The maximum atomic E-state index is 11.9. The normalized spacial score (nSPS) is 21.6. The number of halogens is 3. The van der Waals surface area contributed by atoms with Gasteiger partial charge in [-0.2, -0.15) is 0 Å². The van der Waals surface area contributed by atoms with Crippen molar-refractivity contribution in [2.24, 2.45) is 5.92 Å². The number of benzene rings is 3. The standard InChI is InChI=1S/C30H33Cl3N2O4/c1-20-26(18-35(2)17-22-6-4-3-5-7-22)38-28(39-27(20)24-12-10-23(19-36)11-13-24)25-14-8-21(9-15-25)16-34-29(37)30(31,32)33/h3-15,20,26-28,36H,16-19H2,1-2H3,(H,34,37)/t20-,26+,27+,28+/m0/s1. The summed E-state index contributed by atoms with van der Waals surface area (Å²) in [5.74, 6) is -0.599. The fraction of sp³-hybridized carbons (Fsp3) is 0.367. The summed E-state index contributed by atoms with van der Waals surface area (Å²) in [5.41, 5.74) is 4.85. The molecule has 1 amide bonds. The van der Waals surface area contributed by atoms with Gasteiger partial charge in [0.2, 0.25) is 0 Å². The SMILES string of the molecule is C[C@H]1[C@@H](CN(C)Cc2ccccc2)O[C@@H](c2ccc(CNC(=O)C(Cl)(Cl)Cl)cc2)O[C@H]1c1ccc(CO)cc1. The number of aliphatic hydroxyl groups is 1. The van der Waals surface area contributed by atoms with E-state index in [1.807, 2.05) is 66.7 Å². The molecule has 0 radical (unpaired) electrons. The van der Waals surface area contributed by atoms with Crippen LogP contribution < -0.4 is 5.32 Å². The third-order valence-electron chi connectivity index (χ3n) is 6.87. The Balaban J connectivity index is 1.51. The summed E-state index contributed by atoms with van der Waals surface area (Å²) in [6.07, 6.45) is -0.873. The second-order valence-corrected chi connectivity index (χ2v) is 12.2. The number of hydrogen-bond acceptors (Lipinski definition) is 5. The van der Waals surface area contributed by atoms with Crippen LogP contribution in [-0.4, -0.2) is 39.4 Å². The van der Waals surface area contributed by atoms with E-state index < -0.39 is 16.0 Å². The van der Waals surface area contributed by atoms with E-state index in [1.54, 1.807) is 0 Å². The van der Waals surface area contributed by atoms with Crippen molar-refractivity contribution >= 4 is 40.7 Å². The monoisotopic (exact) mass is 590 g/mol. The first-order valence-corrected chi connectivity index (χ1v) is 13.9. The average Bonchev–Trinajstić information content (AvgIpc) is 2.93. The molecule has 1 heterocycles. The minimum Gasteiger partial charge on any atom is -0.392 e. The third kappa shape index (κ3) is 8.18. The second-order valence-electron chi connectivity index (χ2n) is 9.93. The molecule has 39 heavy (non-hydrogen) atoms. The molecule has 0 unspecified atom stereocenters. The van der Waals surface area contributed by atoms with Gasteiger partial charge < -0.3 is 19.9 Å². The van der Waals surface area contributed by atoms with Crippen molar-refractivity contribution in [2.75, 3.05) is 13.6 Å². The van der Waals surface area contributed by atoms with E-state index in [0.717, 1.165) is 35.3 Å². The maximum absolute atomic E-state index is 11.9. The molecule has 0 saturated carbocycles. The lowest BCUT2D eigenvalue weighted by atomic mass is 9.90. The van der Waals surface area contributed by atoms with Gasteiger partial charge in [0, 0.05) is 31.1 Å². The van der Waals surface area contributed by atoms with Gasteiger partial charge in [-0.05, 0) is 29.3 Å². The van der Waals surface area contributed by atoms with Gasteiger partial charge in [0.25, 0.3) is 9.70 Å². The Labute approximate surface area is 244 Å². The van der Waals surface area contributed by atoms with Crippen molar-refractivity contribution in [3.8, 4) is 0 Å². The van der Waals surface area contributed by atoms with Gasteiger partial charge in [0.05, 0.1) is 18.8 Å². The van der Waals surface area contributed by atoms with E-state index in [-0.39, 0.29) is 31.3 Å². The minimum absolute atomic E-state index is 0.00549. The number of nitrogens with zero attached hydrogens (tertiary/aromatic N) is 1. The van der Waals surface area contributed by atoms with Gasteiger partial charge in [-0.25, -0.2) is 0 Å². The minimum atomic E-state index is -2.01. The number of hydrogen-bond donors (Lipinski definition) is 2. The second kappa shape index (κ2) is 13.5. The van der Waals surface area contributed by atoms with Crippen LogP contribution in [0.5, 0.6) is 0 Å². The zero-order valence-corrected chi connectivity index (χ0v) is 24.2. The van der Waals surface area contributed by atoms with Crippen molar-refractivity contribution in [3.63, 3.8) is 0 Å². The first-order chi connectivity index (χ1) is 18.6. The number of amides is 1. The molecule has 0 bridgehead atoms. The summed E-state index contributed by atoms with van der Waals surface area (Å²) in [5, 5.41) is 12.1. The molecule has 9 heteroatoms. The van der Waals surface area contributed by atoms with Crippen LogP contribution in [0.2, 0.25) is 0 Å². The molecule has 3 aromatic carbocycles. The Hall–Kier alpha value is -2.16. The van der Waals surface area contributed by atoms with E-state index in [0.29, 0.717) is 0 Å². The summed E-state index contributed by atoms with van der Waals surface area (Å²) in [6.45, 7) is 3.90. The largest absolute Gasteiger partial charge is 0.392 e. The van der Waals surface area contributed by atoms with Crippen LogP contribution in [0.15, 0.2) is 78.9 Å². The predicted octanol–water partition coefficient (Wildman–Crippen LogP) is 6.09. The molecular weight excluding hydrogens is 559 g/mol. The number of ether oxygens (including phenoxy) is 2. The first-order valence-electron chi connectivity index (χ1n) is 12.8. The molecule has 6 nitrogen and oxygen atoms in total. The van der Waals surface area contributed by atoms with Gasteiger partial charge in [-0.1, -0.05) is 121 Å². The fourth-order valence-corrected chi connectivity index (χ4v) is 4.87. The lowest BCUT2D eigenvalue weighted by Gasteiger charge is -2.42. The third-order valence-corrected chi connectivity index (χ3v) is 7.39. The highest BCUT2D eigenvalue weighted by Gasteiger charge is 2.39. The number of carbonyl (C=O) groups excluding carboxylic acids is 1. The van der Waals surface area contributed by atoms with Crippen LogP contribution in [0.25, 0.3) is 0 Å². The Kier molecular flexibility index (Phi) is 10.3. The van der Waals surface area contributed by atoms with E-state index in [1.165, 1.54) is 5.56 Å². The van der Waals surface area contributed by atoms with Crippen LogP contribution in [0.4, 0.5) is 0 Å². The molecule has 4 atom stereocenters. The fourth-order valence-electron chi connectivity index (χ4n) is 4.67. The van der Waals surface area contributed by atoms with Crippen molar-refractivity contribution in [3.05, 3.63) is 107 Å². The Morgan fingerprint density at radius 2 is 1.51 bits per heavy atom. The molecule has 0 aliphatic carbocycles. The molecule has 2 N–H and O–H groups in total. The molecule has 4 rings (SSSR count). The molecule has 208 valence electrons. The van der Waals surface area contributed by atoms with Gasteiger partial charge >= 0.3 is 0 Å². The van der Waals surface area contributed by atoms with Crippen molar-refractivity contribution in [1.29, 1.82) is 0 Å². The van der Waals surface area contributed by atoms with Crippen molar-refractivity contribution in [2.45, 2.75) is 48.9 Å². The number of rotatable bonds is 9. The first kappa shape index (κ1) is 29.8. The van der Waals surface area contributed by atoms with Gasteiger partial charge in [-0.3, -0.25) is 9.69 Å².